The summed E-state index contributed by atoms with van der Waals surface area (Å²) in [5, 5.41) is 1.07. The summed E-state index contributed by atoms with van der Waals surface area (Å²) in [6.45, 7) is 5.31. The van der Waals surface area contributed by atoms with Gasteiger partial charge in [-0.25, -0.2) is 0 Å². The molecule has 0 aliphatic carbocycles. The van der Waals surface area contributed by atoms with Gasteiger partial charge in [0.2, 0.25) is 0 Å². The Morgan fingerprint density at radius 3 is 2.72 bits per heavy atom. The van der Waals surface area contributed by atoms with E-state index < -0.39 is 5.47 Å². The fourth-order valence-electron chi connectivity index (χ4n) is 1.16. The molecule has 0 aromatic heterocycles. The minimum Gasteiger partial charge on any atom is -0.456 e. The molecule has 0 bridgehead atoms. The Morgan fingerprint density at radius 2 is 2.11 bits per heavy atom. The van der Waals surface area contributed by atoms with E-state index in [-0.39, 0.29) is 0 Å². The van der Waals surface area contributed by atoms with E-state index >= 15 is 0 Å². The second-order valence-corrected chi connectivity index (χ2v) is 12.4. The normalized spacial score (nSPS) is 14.2. The van der Waals surface area contributed by atoms with Gasteiger partial charge in [0.15, 0.2) is 5.47 Å². The number of rotatable bonds is 7. The number of halogens is 2. The summed E-state index contributed by atoms with van der Waals surface area (Å²) in [6.07, 6.45) is 0. The maximum Gasteiger partial charge on any atom is 0.165 e. The molecule has 0 heterocycles. The van der Waals surface area contributed by atoms with E-state index in [2.05, 4.69) is 0 Å². The number of ether oxygens (including phenoxy) is 1. The summed E-state index contributed by atoms with van der Waals surface area (Å²) < 4.78 is 11.1. The SMILES string of the molecule is CCOCCSP(C)(=S)Oc1ccc(Cl)cc1Cl. The van der Waals surface area contributed by atoms with Crippen molar-refractivity contribution in [3.05, 3.63) is 28.2 Å². The van der Waals surface area contributed by atoms with Gasteiger partial charge in [-0.3, -0.25) is 0 Å². The van der Waals surface area contributed by atoms with Gasteiger partial charge in [0.25, 0.3) is 0 Å². The number of hydrogen-bond donors (Lipinski definition) is 0. The maximum atomic E-state index is 6.05. The lowest BCUT2D eigenvalue weighted by molar-refractivity contribution is 0.164. The van der Waals surface area contributed by atoms with Gasteiger partial charge in [-0.2, -0.15) is 0 Å². The summed E-state index contributed by atoms with van der Waals surface area (Å²) in [6, 6.07) is 5.14. The molecule has 0 fully saturated rings. The van der Waals surface area contributed by atoms with Gasteiger partial charge in [0, 0.05) is 24.0 Å². The highest BCUT2D eigenvalue weighted by Crippen LogP contribution is 2.57. The molecule has 7 heteroatoms. The molecule has 1 aromatic carbocycles. The molecule has 0 N–H and O–H groups in total. The van der Waals surface area contributed by atoms with Crippen LogP contribution in [0.4, 0.5) is 0 Å². The van der Waals surface area contributed by atoms with E-state index in [1.54, 1.807) is 29.6 Å². The summed E-state index contributed by atoms with van der Waals surface area (Å²) in [4.78, 5) is 0. The summed E-state index contributed by atoms with van der Waals surface area (Å²) in [5.41, 5.74) is -1.95. The average Bonchev–Trinajstić information content (AvgIpc) is 2.28. The van der Waals surface area contributed by atoms with Gasteiger partial charge in [0.1, 0.15) is 5.75 Å². The minimum absolute atomic E-state index is 0.490. The van der Waals surface area contributed by atoms with Gasteiger partial charge in [-0.1, -0.05) is 34.6 Å². The van der Waals surface area contributed by atoms with Crippen molar-refractivity contribution in [2.45, 2.75) is 6.92 Å². The minimum atomic E-state index is -1.95. The molecule has 1 unspecified atom stereocenters. The Labute approximate surface area is 127 Å². The van der Waals surface area contributed by atoms with E-state index in [4.69, 9.17) is 44.3 Å². The van der Waals surface area contributed by atoms with Crippen LogP contribution in [0.15, 0.2) is 18.2 Å². The smallest absolute Gasteiger partial charge is 0.165 e. The summed E-state index contributed by atoms with van der Waals surface area (Å²) >= 11 is 19.0. The highest BCUT2D eigenvalue weighted by Gasteiger charge is 2.15. The summed E-state index contributed by atoms with van der Waals surface area (Å²) in [7, 11) is 0. The van der Waals surface area contributed by atoms with Crippen LogP contribution in [0.25, 0.3) is 0 Å². The first-order chi connectivity index (χ1) is 8.44. The van der Waals surface area contributed by atoms with Crippen LogP contribution >= 0.6 is 40.1 Å². The van der Waals surface area contributed by atoms with Crippen molar-refractivity contribution in [2.75, 3.05) is 25.6 Å². The van der Waals surface area contributed by atoms with E-state index in [0.29, 0.717) is 22.4 Å². The third kappa shape index (κ3) is 6.14. The van der Waals surface area contributed by atoms with Crippen LogP contribution in [0.2, 0.25) is 10.0 Å². The molecule has 0 saturated carbocycles. The molecule has 0 aliphatic heterocycles. The third-order valence-electron chi connectivity index (χ3n) is 1.92. The van der Waals surface area contributed by atoms with Crippen molar-refractivity contribution in [1.82, 2.24) is 0 Å². The molecular weight excluding hydrogens is 330 g/mol. The lowest BCUT2D eigenvalue weighted by atomic mass is 10.3. The third-order valence-corrected chi connectivity index (χ3v) is 7.14. The van der Waals surface area contributed by atoms with Crippen LogP contribution in [0, 0.1) is 0 Å². The Morgan fingerprint density at radius 1 is 1.39 bits per heavy atom. The van der Waals surface area contributed by atoms with Crippen molar-refractivity contribution >= 4 is 51.9 Å². The molecule has 1 rings (SSSR count). The van der Waals surface area contributed by atoms with Crippen LogP contribution < -0.4 is 4.52 Å². The molecule has 0 amide bonds. The fraction of sp³-hybridized carbons (Fsp3) is 0.455. The van der Waals surface area contributed by atoms with Crippen LogP contribution in [-0.4, -0.2) is 25.6 Å². The quantitative estimate of drug-likeness (QED) is 0.506. The lowest BCUT2D eigenvalue weighted by Gasteiger charge is -2.19. The predicted molar refractivity (Wildman–Crippen MR) is 86.3 cm³/mol. The predicted octanol–water partition coefficient (Wildman–Crippen LogP) is 5.08. The molecule has 102 valence electrons. The van der Waals surface area contributed by atoms with Crippen molar-refractivity contribution < 1.29 is 9.26 Å². The van der Waals surface area contributed by atoms with Gasteiger partial charge in [0.05, 0.1) is 11.6 Å². The highest BCUT2D eigenvalue weighted by atomic mass is 35.5. The average molecular weight is 345 g/mol. The van der Waals surface area contributed by atoms with Gasteiger partial charge in [-0.15, -0.1) is 0 Å². The van der Waals surface area contributed by atoms with Crippen molar-refractivity contribution in [1.29, 1.82) is 0 Å². The zero-order valence-electron chi connectivity index (χ0n) is 10.2. The van der Waals surface area contributed by atoms with E-state index in [1.165, 1.54) is 0 Å². The maximum absolute atomic E-state index is 6.05. The Kier molecular flexibility index (Phi) is 7.37. The molecule has 0 spiro atoms. The molecule has 0 aliphatic rings. The standard InChI is InChI=1S/C11H15Cl2O2PS2/c1-3-14-6-7-18-16(2,17)15-11-5-4-9(12)8-10(11)13/h4-5,8H,3,6-7H2,1-2H3. The van der Waals surface area contributed by atoms with Crippen LogP contribution in [0.5, 0.6) is 5.75 Å². The van der Waals surface area contributed by atoms with E-state index in [1.807, 2.05) is 13.6 Å². The first-order valence-electron chi connectivity index (χ1n) is 5.39. The second-order valence-electron chi connectivity index (χ2n) is 3.47. The molecule has 0 radical (unpaired) electrons. The monoisotopic (exact) mass is 344 g/mol. The topological polar surface area (TPSA) is 18.5 Å². The second kappa shape index (κ2) is 7.98. The zero-order chi connectivity index (χ0) is 13.6. The number of hydrogen-bond acceptors (Lipinski definition) is 4. The highest BCUT2D eigenvalue weighted by molar-refractivity contribution is 8.69. The van der Waals surface area contributed by atoms with Crippen LogP contribution in [0.1, 0.15) is 6.92 Å². The molecule has 1 atom stereocenters. The van der Waals surface area contributed by atoms with Crippen molar-refractivity contribution in [2.24, 2.45) is 0 Å². The molecule has 0 saturated heterocycles. The van der Waals surface area contributed by atoms with Crippen LogP contribution in [-0.2, 0) is 16.5 Å². The molecule has 2 nitrogen and oxygen atoms in total. The van der Waals surface area contributed by atoms with Gasteiger partial charge in [-0.05, 0) is 36.9 Å². The van der Waals surface area contributed by atoms with Gasteiger partial charge >= 0.3 is 0 Å². The molecular formula is C11H15Cl2O2PS2. The first-order valence-corrected chi connectivity index (χ1v) is 10.9. The zero-order valence-corrected chi connectivity index (χ0v) is 14.2. The molecule has 1 aromatic rings. The first kappa shape index (κ1) is 16.6. The Hall–Kier alpha value is 0.560. The van der Waals surface area contributed by atoms with Crippen LogP contribution in [0.3, 0.4) is 0 Å². The number of benzene rings is 1. The summed E-state index contributed by atoms with van der Waals surface area (Å²) in [5.74, 6) is 1.42. The van der Waals surface area contributed by atoms with E-state index in [0.717, 1.165) is 12.4 Å². The fourth-order valence-corrected chi connectivity index (χ4v) is 5.28. The van der Waals surface area contributed by atoms with Crippen molar-refractivity contribution in [3.8, 4) is 5.75 Å². The Balaban J connectivity index is 2.56. The van der Waals surface area contributed by atoms with E-state index in [9.17, 15) is 0 Å². The Bertz CT molecular complexity index is 443. The van der Waals surface area contributed by atoms with Gasteiger partial charge < -0.3 is 9.26 Å². The lowest BCUT2D eigenvalue weighted by Crippen LogP contribution is -1.97. The van der Waals surface area contributed by atoms with Crippen molar-refractivity contribution in [3.63, 3.8) is 0 Å². The largest absolute Gasteiger partial charge is 0.456 e. The molecule has 18 heavy (non-hydrogen) atoms.